The van der Waals surface area contributed by atoms with Gasteiger partial charge in [-0.3, -0.25) is 9.55 Å². The Morgan fingerprint density at radius 3 is 2.91 bits per heavy atom. The molecule has 0 aromatic carbocycles. The van der Waals surface area contributed by atoms with Crippen molar-refractivity contribution in [3.63, 3.8) is 0 Å². The molecule has 112 valence electrons. The van der Waals surface area contributed by atoms with E-state index >= 15 is 0 Å². The van der Waals surface area contributed by atoms with Gasteiger partial charge in [-0.25, -0.2) is 9.97 Å². The first-order chi connectivity index (χ1) is 10.9. The fourth-order valence-corrected chi connectivity index (χ4v) is 3.28. The van der Waals surface area contributed by atoms with Crippen LogP contribution in [0.15, 0.2) is 42.9 Å². The van der Waals surface area contributed by atoms with E-state index in [-0.39, 0.29) is 0 Å². The van der Waals surface area contributed by atoms with Gasteiger partial charge in [0.15, 0.2) is 5.65 Å². The summed E-state index contributed by atoms with van der Waals surface area (Å²) >= 11 is 0. The molecule has 1 fully saturated rings. The Kier molecular flexibility index (Phi) is 3.35. The Hall–Kier alpha value is -2.27. The average molecular weight is 293 g/mol. The van der Waals surface area contributed by atoms with E-state index < -0.39 is 0 Å². The highest BCUT2D eigenvalue weighted by molar-refractivity contribution is 5.73. The summed E-state index contributed by atoms with van der Waals surface area (Å²) in [6.45, 7) is 5.53. The van der Waals surface area contributed by atoms with Crippen LogP contribution >= 0.6 is 0 Å². The highest BCUT2D eigenvalue weighted by atomic mass is 15.2. The molecular formula is C17H19N5. The van der Waals surface area contributed by atoms with Gasteiger partial charge in [-0.1, -0.05) is 6.92 Å². The quantitative estimate of drug-likeness (QED) is 0.745. The molecule has 1 aliphatic heterocycles. The van der Waals surface area contributed by atoms with E-state index in [1.165, 1.54) is 0 Å². The van der Waals surface area contributed by atoms with E-state index in [1.807, 2.05) is 30.6 Å². The number of imidazole rings is 1. The molecule has 1 unspecified atom stereocenters. The van der Waals surface area contributed by atoms with Crippen molar-refractivity contribution in [1.29, 1.82) is 0 Å². The van der Waals surface area contributed by atoms with Crippen LogP contribution in [0.3, 0.4) is 0 Å². The number of likely N-dealkylation sites (N-methyl/N-ethyl adjacent to an activating group) is 1. The molecule has 3 aromatic rings. The predicted molar refractivity (Wildman–Crippen MR) is 86.1 cm³/mol. The molecule has 0 spiro atoms. The largest absolute Gasteiger partial charge is 0.303 e. The summed E-state index contributed by atoms with van der Waals surface area (Å²) in [5.74, 6) is 1.56. The van der Waals surface area contributed by atoms with E-state index in [0.29, 0.717) is 5.92 Å². The van der Waals surface area contributed by atoms with Crippen molar-refractivity contribution in [1.82, 2.24) is 24.4 Å². The van der Waals surface area contributed by atoms with Crippen molar-refractivity contribution >= 4 is 11.2 Å². The average Bonchev–Trinajstić information content (AvgIpc) is 3.19. The van der Waals surface area contributed by atoms with Crippen LogP contribution in [0, 0.1) is 0 Å². The predicted octanol–water partition coefficient (Wildman–Crippen LogP) is 2.62. The molecule has 0 amide bonds. The summed E-state index contributed by atoms with van der Waals surface area (Å²) in [5.41, 5.74) is 2.91. The van der Waals surface area contributed by atoms with Gasteiger partial charge in [0.2, 0.25) is 0 Å². The normalized spacial score (nSPS) is 19.0. The van der Waals surface area contributed by atoms with E-state index in [9.17, 15) is 0 Å². The van der Waals surface area contributed by atoms with Crippen LogP contribution < -0.4 is 0 Å². The fraction of sp³-hybridized carbons (Fsp3) is 0.353. The van der Waals surface area contributed by atoms with Gasteiger partial charge in [-0.15, -0.1) is 0 Å². The zero-order valence-corrected chi connectivity index (χ0v) is 12.7. The first kappa shape index (κ1) is 13.4. The second kappa shape index (κ2) is 5.50. The molecule has 0 bridgehead atoms. The Labute approximate surface area is 129 Å². The Morgan fingerprint density at radius 2 is 2.14 bits per heavy atom. The number of likely N-dealkylation sites (tertiary alicyclic amines) is 1. The number of pyridine rings is 2. The first-order valence-corrected chi connectivity index (χ1v) is 7.83. The molecule has 1 aliphatic rings. The van der Waals surface area contributed by atoms with Crippen LogP contribution in [0.25, 0.3) is 16.9 Å². The van der Waals surface area contributed by atoms with Gasteiger partial charge < -0.3 is 4.90 Å². The lowest BCUT2D eigenvalue weighted by Gasteiger charge is -2.14. The summed E-state index contributed by atoms with van der Waals surface area (Å²) in [5, 5.41) is 0. The molecule has 4 rings (SSSR count). The minimum absolute atomic E-state index is 0.453. The van der Waals surface area contributed by atoms with Crippen LogP contribution in [0.4, 0.5) is 0 Å². The SMILES string of the molecule is CCN1CCC(c2nc3cccnc3n2-c2cccnc2)C1. The Bertz CT molecular complexity index is 780. The maximum absolute atomic E-state index is 4.89. The molecule has 22 heavy (non-hydrogen) atoms. The molecule has 0 aliphatic carbocycles. The molecule has 4 heterocycles. The number of fused-ring (bicyclic) bond motifs is 1. The lowest BCUT2D eigenvalue weighted by Crippen LogP contribution is -2.20. The minimum Gasteiger partial charge on any atom is -0.303 e. The molecule has 0 N–H and O–H groups in total. The van der Waals surface area contributed by atoms with Crippen molar-refractivity contribution in [2.24, 2.45) is 0 Å². The van der Waals surface area contributed by atoms with Gasteiger partial charge in [0, 0.05) is 24.9 Å². The molecule has 1 atom stereocenters. The maximum atomic E-state index is 4.89. The van der Waals surface area contributed by atoms with Crippen molar-refractivity contribution in [2.45, 2.75) is 19.3 Å². The second-order valence-corrected chi connectivity index (χ2v) is 5.74. The van der Waals surface area contributed by atoms with Crippen LogP contribution in [-0.4, -0.2) is 44.1 Å². The van der Waals surface area contributed by atoms with Crippen LogP contribution in [-0.2, 0) is 0 Å². The smallest absolute Gasteiger partial charge is 0.164 e. The van der Waals surface area contributed by atoms with Gasteiger partial charge >= 0.3 is 0 Å². The fourth-order valence-electron chi connectivity index (χ4n) is 3.28. The van der Waals surface area contributed by atoms with Crippen molar-refractivity contribution in [2.75, 3.05) is 19.6 Å². The van der Waals surface area contributed by atoms with Crippen LogP contribution in [0.5, 0.6) is 0 Å². The summed E-state index contributed by atoms with van der Waals surface area (Å²) in [4.78, 5) is 16.2. The molecule has 5 nitrogen and oxygen atoms in total. The number of rotatable bonds is 3. The molecular weight excluding hydrogens is 274 g/mol. The lowest BCUT2D eigenvalue weighted by molar-refractivity contribution is 0.352. The summed E-state index contributed by atoms with van der Waals surface area (Å²) in [6, 6.07) is 8.00. The molecule has 0 radical (unpaired) electrons. The van der Waals surface area contributed by atoms with Gasteiger partial charge in [0.05, 0.1) is 11.9 Å². The third-order valence-corrected chi connectivity index (χ3v) is 4.43. The van der Waals surface area contributed by atoms with Gasteiger partial charge in [-0.2, -0.15) is 0 Å². The standard InChI is InChI=1S/C17H19N5/c1-2-21-10-7-13(12-21)16-20-15-6-4-9-19-17(15)22(16)14-5-3-8-18-11-14/h3-6,8-9,11,13H,2,7,10,12H2,1H3. The van der Waals surface area contributed by atoms with E-state index in [0.717, 1.165) is 48.7 Å². The van der Waals surface area contributed by atoms with Crippen molar-refractivity contribution < 1.29 is 0 Å². The third kappa shape index (κ3) is 2.18. The number of nitrogens with zero attached hydrogens (tertiary/aromatic N) is 5. The highest BCUT2D eigenvalue weighted by Crippen LogP contribution is 2.30. The summed E-state index contributed by atoms with van der Waals surface area (Å²) in [6.07, 6.45) is 6.65. The third-order valence-electron chi connectivity index (χ3n) is 4.43. The zero-order valence-electron chi connectivity index (χ0n) is 12.7. The van der Waals surface area contributed by atoms with Gasteiger partial charge in [-0.05, 0) is 43.8 Å². The first-order valence-electron chi connectivity index (χ1n) is 7.83. The van der Waals surface area contributed by atoms with Crippen LogP contribution in [0.1, 0.15) is 25.1 Å². The lowest BCUT2D eigenvalue weighted by atomic mass is 10.1. The molecule has 0 saturated carbocycles. The van der Waals surface area contributed by atoms with Gasteiger partial charge in [0.25, 0.3) is 0 Å². The second-order valence-electron chi connectivity index (χ2n) is 5.74. The van der Waals surface area contributed by atoms with E-state index in [1.54, 1.807) is 6.20 Å². The summed E-state index contributed by atoms with van der Waals surface area (Å²) < 4.78 is 2.17. The number of aromatic nitrogens is 4. The van der Waals surface area contributed by atoms with E-state index in [2.05, 4.69) is 32.4 Å². The molecule has 1 saturated heterocycles. The molecule has 3 aromatic heterocycles. The van der Waals surface area contributed by atoms with Crippen molar-refractivity contribution in [3.8, 4) is 5.69 Å². The monoisotopic (exact) mass is 293 g/mol. The number of hydrogen-bond acceptors (Lipinski definition) is 4. The minimum atomic E-state index is 0.453. The van der Waals surface area contributed by atoms with Crippen molar-refractivity contribution in [3.05, 3.63) is 48.7 Å². The van der Waals surface area contributed by atoms with E-state index in [4.69, 9.17) is 4.98 Å². The van der Waals surface area contributed by atoms with Gasteiger partial charge in [0.1, 0.15) is 11.3 Å². The topological polar surface area (TPSA) is 46.8 Å². The molecule has 5 heteroatoms. The Balaban J connectivity index is 1.87. The van der Waals surface area contributed by atoms with Crippen LogP contribution in [0.2, 0.25) is 0 Å². The number of hydrogen-bond donors (Lipinski definition) is 0. The summed E-state index contributed by atoms with van der Waals surface area (Å²) in [7, 11) is 0. The maximum Gasteiger partial charge on any atom is 0.164 e. The zero-order chi connectivity index (χ0) is 14.9. The highest BCUT2D eigenvalue weighted by Gasteiger charge is 2.28. The Morgan fingerprint density at radius 1 is 1.23 bits per heavy atom.